The molecule has 94 valence electrons. The van der Waals surface area contributed by atoms with E-state index in [1.165, 1.54) is 7.11 Å². The van der Waals surface area contributed by atoms with Gasteiger partial charge in [-0.05, 0) is 12.1 Å². The molecule has 1 unspecified atom stereocenters. The Morgan fingerprint density at radius 1 is 1.24 bits per heavy atom. The van der Waals surface area contributed by atoms with Gasteiger partial charge < -0.3 is 19.9 Å². The van der Waals surface area contributed by atoms with Gasteiger partial charge in [0.2, 0.25) is 0 Å². The summed E-state index contributed by atoms with van der Waals surface area (Å²) in [5, 5.41) is 0. The predicted octanol–water partition coefficient (Wildman–Crippen LogP) is 0.747. The topological polar surface area (TPSA) is 70.8 Å². The van der Waals surface area contributed by atoms with Crippen LogP contribution in [0, 0.1) is 0 Å². The molecule has 5 nitrogen and oxygen atoms in total. The molecule has 0 aliphatic rings. The van der Waals surface area contributed by atoms with Gasteiger partial charge in [0, 0.05) is 12.0 Å². The first-order valence-corrected chi connectivity index (χ1v) is 5.17. The smallest absolute Gasteiger partial charge is 0.322 e. The number of methoxy groups -OCH3 is 3. The van der Waals surface area contributed by atoms with Crippen LogP contribution in [0.3, 0.4) is 0 Å². The molecule has 1 aromatic rings. The van der Waals surface area contributed by atoms with Crippen molar-refractivity contribution < 1.29 is 19.0 Å². The highest BCUT2D eigenvalue weighted by Crippen LogP contribution is 2.29. The van der Waals surface area contributed by atoms with Gasteiger partial charge in [-0.2, -0.15) is 0 Å². The van der Waals surface area contributed by atoms with Gasteiger partial charge in [0.05, 0.1) is 21.3 Å². The van der Waals surface area contributed by atoms with Crippen molar-refractivity contribution in [1.82, 2.24) is 0 Å². The molecule has 0 bridgehead atoms. The van der Waals surface area contributed by atoms with Crippen molar-refractivity contribution in [2.45, 2.75) is 12.5 Å². The summed E-state index contributed by atoms with van der Waals surface area (Å²) in [6, 6.07) is 4.67. The second kappa shape index (κ2) is 6.10. The molecule has 0 aliphatic heterocycles. The minimum Gasteiger partial charge on any atom is -0.496 e. The fourth-order valence-electron chi connectivity index (χ4n) is 1.58. The lowest BCUT2D eigenvalue weighted by atomic mass is 10.0. The first-order chi connectivity index (χ1) is 8.13. The van der Waals surface area contributed by atoms with Gasteiger partial charge in [-0.15, -0.1) is 0 Å². The van der Waals surface area contributed by atoms with Crippen LogP contribution in [0.5, 0.6) is 11.5 Å². The van der Waals surface area contributed by atoms with Gasteiger partial charge in [0.1, 0.15) is 17.5 Å². The minimum absolute atomic E-state index is 0.305. The van der Waals surface area contributed by atoms with Crippen LogP contribution in [-0.4, -0.2) is 33.3 Å². The average molecular weight is 239 g/mol. The van der Waals surface area contributed by atoms with Crippen LogP contribution in [-0.2, 0) is 16.0 Å². The summed E-state index contributed by atoms with van der Waals surface area (Å²) in [6.45, 7) is 0. The summed E-state index contributed by atoms with van der Waals surface area (Å²) in [5.74, 6) is 0.824. The fraction of sp³-hybridized carbons (Fsp3) is 0.417. The van der Waals surface area contributed by atoms with E-state index in [0.29, 0.717) is 17.9 Å². The molecule has 0 saturated carbocycles. The molecule has 2 N–H and O–H groups in total. The van der Waals surface area contributed by atoms with Crippen LogP contribution < -0.4 is 15.2 Å². The third kappa shape index (κ3) is 3.10. The molecule has 0 amide bonds. The molecular formula is C12H17NO4. The van der Waals surface area contributed by atoms with E-state index in [4.69, 9.17) is 15.2 Å². The summed E-state index contributed by atoms with van der Waals surface area (Å²) in [7, 11) is 4.42. The first-order valence-electron chi connectivity index (χ1n) is 5.17. The number of benzene rings is 1. The van der Waals surface area contributed by atoms with E-state index in [-0.39, 0.29) is 0 Å². The van der Waals surface area contributed by atoms with E-state index >= 15 is 0 Å². The number of hydrogen-bond acceptors (Lipinski definition) is 5. The van der Waals surface area contributed by atoms with Crippen molar-refractivity contribution in [2.75, 3.05) is 21.3 Å². The molecule has 0 aliphatic carbocycles. The highest BCUT2D eigenvalue weighted by atomic mass is 16.5. The van der Waals surface area contributed by atoms with Crippen LogP contribution in [0.25, 0.3) is 0 Å². The zero-order valence-electron chi connectivity index (χ0n) is 10.2. The van der Waals surface area contributed by atoms with Crippen molar-refractivity contribution in [3.63, 3.8) is 0 Å². The van der Waals surface area contributed by atoms with Gasteiger partial charge in [-0.3, -0.25) is 4.79 Å². The van der Waals surface area contributed by atoms with Crippen molar-refractivity contribution in [2.24, 2.45) is 5.73 Å². The SMILES string of the molecule is COC(=O)C(N)Cc1c(OC)cccc1OC. The van der Waals surface area contributed by atoms with Crippen molar-refractivity contribution in [3.8, 4) is 11.5 Å². The van der Waals surface area contributed by atoms with Crippen LogP contribution >= 0.6 is 0 Å². The van der Waals surface area contributed by atoms with E-state index in [1.54, 1.807) is 26.4 Å². The lowest BCUT2D eigenvalue weighted by molar-refractivity contribution is -0.142. The highest BCUT2D eigenvalue weighted by molar-refractivity contribution is 5.76. The van der Waals surface area contributed by atoms with E-state index in [2.05, 4.69) is 4.74 Å². The first kappa shape index (κ1) is 13.3. The molecule has 17 heavy (non-hydrogen) atoms. The van der Waals surface area contributed by atoms with Gasteiger partial charge in [-0.1, -0.05) is 6.07 Å². The number of carbonyl (C=O) groups excluding carboxylic acids is 1. The minimum atomic E-state index is -0.731. The Hall–Kier alpha value is -1.75. The average Bonchev–Trinajstić information content (AvgIpc) is 2.37. The van der Waals surface area contributed by atoms with Gasteiger partial charge in [0.25, 0.3) is 0 Å². The molecule has 0 saturated heterocycles. The number of ether oxygens (including phenoxy) is 3. The Morgan fingerprint density at radius 2 is 1.76 bits per heavy atom. The zero-order chi connectivity index (χ0) is 12.8. The van der Waals surface area contributed by atoms with Crippen molar-refractivity contribution >= 4 is 5.97 Å². The van der Waals surface area contributed by atoms with Crippen LogP contribution in [0.4, 0.5) is 0 Å². The van der Waals surface area contributed by atoms with E-state index in [9.17, 15) is 4.79 Å². The van der Waals surface area contributed by atoms with E-state index < -0.39 is 12.0 Å². The second-order valence-corrected chi connectivity index (χ2v) is 3.47. The third-order valence-electron chi connectivity index (χ3n) is 2.46. The number of hydrogen-bond donors (Lipinski definition) is 1. The van der Waals surface area contributed by atoms with Crippen molar-refractivity contribution in [3.05, 3.63) is 23.8 Å². The standard InChI is InChI=1S/C12H17NO4/c1-15-10-5-4-6-11(16-2)8(10)7-9(13)12(14)17-3/h4-6,9H,7,13H2,1-3H3. The Balaban J connectivity index is 2.99. The Morgan fingerprint density at radius 3 is 2.18 bits per heavy atom. The van der Waals surface area contributed by atoms with Gasteiger partial charge in [-0.25, -0.2) is 0 Å². The lowest BCUT2D eigenvalue weighted by Crippen LogP contribution is -2.33. The number of esters is 1. The predicted molar refractivity (Wildman–Crippen MR) is 63.2 cm³/mol. The van der Waals surface area contributed by atoms with Gasteiger partial charge in [0.15, 0.2) is 0 Å². The fourth-order valence-corrected chi connectivity index (χ4v) is 1.58. The number of rotatable bonds is 5. The zero-order valence-corrected chi connectivity index (χ0v) is 10.2. The van der Waals surface area contributed by atoms with Crippen LogP contribution in [0.1, 0.15) is 5.56 Å². The Kier molecular flexibility index (Phi) is 4.78. The molecule has 1 atom stereocenters. The largest absolute Gasteiger partial charge is 0.496 e. The highest BCUT2D eigenvalue weighted by Gasteiger charge is 2.19. The third-order valence-corrected chi connectivity index (χ3v) is 2.46. The molecule has 0 heterocycles. The van der Waals surface area contributed by atoms with Crippen molar-refractivity contribution in [1.29, 1.82) is 0 Å². The number of carbonyl (C=O) groups is 1. The van der Waals surface area contributed by atoms with E-state index in [0.717, 1.165) is 5.56 Å². The number of nitrogens with two attached hydrogens (primary N) is 1. The Bertz CT molecular complexity index is 370. The molecule has 1 aromatic carbocycles. The summed E-state index contributed by atoms with van der Waals surface area (Å²) in [5.41, 5.74) is 6.48. The van der Waals surface area contributed by atoms with E-state index in [1.807, 2.05) is 6.07 Å². The molecule has 0 aromatic heterocycles. The maximum atomic E-state index is 11.3. The maximum absolute atomic E-state index is 11.3. The normalized spacial score (nSPS) is 11.8. The maximum Gasteiger partial charge on any atom is 0.322 e. The lowest BCUT2D eigenvalue weighted by Gasteiger charge is -2.15. The monoisotopic (exact) mass is 239 g/mol. The summed E-state index contributed by atoms with van der Waals surface area (Å²) < 4.78 is 15.0. The molecule has 1 rings (SSSR count). The molecule has 0 spiro atoms. The molecule has 0 fully saturated rings. The van der Waals surface area contributed by atoms with Crippen LogP contribution in [0.2, 0.25) is 0 Å². The van der Waals surface area contributed by atoms with Crippen LogP contribution in [0.15, 0.2) is 18.2 Å². The van der Waals surface area contributed by atoms with Gasteiger partial charge >= 0.3 is 5.97 Å². The second-order valence-electron chi connectivity index (χ2n) is 3.47. The summed E-state index contributed by atoms with van der Waals surface area (Å²) >= 11 is 0. The Labute approximate surface area is 100 Å². The molecular weight excluding hydrogens is 222 g/mol. The molecule has 5 heteroatoms. The summed E-state index contributed by atoms with van der Waals surface area (Å²) in [6.07, 6.45) is 0.305. The summed E-state index contributed by atoms with van der Waals surface area (Å²) in [4.78, 5) is 11.3. The molecule has 0 radical (unpaired) electrons. The quantitative estimate of drug-likeness (QED) is 0.768.